The molecule has 0 radical (unpaired) electrons. The maximum absolute atomic E-state index is 5.38. The number of ether oxygens (including phenoxy) is 1. The van der Waals surface area contributed by atoms with Crippen LogP contribution in [0, 0.1) is 5.41 Å². The van der Waals surface area contributed by atoms with Gasteiger partial charge in [0.1, 0.15) is 6.23 Å². The van der Waals surface area contributed by atoms with E-state index in [1.165, 1.54) is 0 Å². The summed E-state index contributed by atoms with van der Waals surface area (Å²) in [5.74, 6) is 0. The van der Waals surface area contributed by atoms with Gasteiger partial charge in [-0.25, -0.2) is 0 Å². The minimum atomic E-state index is 0.240. The molecule has 10 heavy (non-hydrogen) atoms. The predicted octanol–water partition coefficient (Wildman–Crippen LogP) is 1.37. The van der Waals surface area contributed by atoms with Gasteiger partial charge < -0.3 is 4.74 Å². The summed E-state index contributed by atoms with van der Waals surface area (Å²) in [6, 6.07) is 0.516. The molecule has 0 saturated carbocycles. The Morgan fingerprint density at radius 1 is 1.40 bits per heavy atom. The topological polar surface area (TPSA) is 21.3 Å². The van der Waals surface area contributed by atoms with Crippen LogP contribution >= 0.6 is 0 Å². The quantitative estimate of drug-likeness (QED) is 0.553. The molecule has 0 aromatic rings. The fourth-order valence-corrected chi connectivity index (χ4v) is 1.12. The van der Waals surface area contributed by atoms with Gasteiger partial charge >= 0.3 is 0 Å². The highest BCUT2D eigenvalue weighted by molar-refractivity contribution is 4.84. The Labute approximate surface area is 63.0 Å². The molecule has 1 heterocycles. The summed E-state index contributed by atoms with van der Waals surface area (Å²) < 4.78 is 5.38. The van der Waals surface area contributed by atoms with E-state index in [9.17, 15) is 0 Å². The molecular formula is C8H17NO. The van der Waals surface area contributed by atoms with Crippen molar-refractivity contribution in [1.29, 1.82) is 0 Å². The lowest BCUT2D eigenvalue weighted by Crippen LogP contribution is -2.39. The molecule has 1 aliphatic heterocycles. The monoisotopic (exact) mass is 143 g/mol. The first-order valence-corrected chi connectivity index (χ1v) is 3.88. The highest BCUT2D eigenvalue weighted by atomic mass is 16.5. The lowest BCUT2D eigenvalue weighted by molar-refractivity contribution is 0.112. The van der Waals surface area contributed by atoms with Crippen molar-refractivity contribution < 1.29 is 4.74 Å². The highest BCUT2D eigenvalue weighted by Crippen LogP contribution is 2.23. The molecule has 0 aromatic carbocycles. The van der Waals surface area contributed by atoms with Gasteiger partial charge in [0.15, 0.2) is 0 Å². The first kappa shape index (κ1) is 8.02. The van der Waals surface area contributed by atoms with E-state index < -0.39 is 0 Å². The number of rotatable bonds is 0. The first-order chi connectivity index (χ1) is 4.50. The Morgan fingerprint density at radius 3 is 2.20 bits per heavy atom. The molecule has 0 aliphatic carbocycles. The van der Waals surface area contributed by atoms with Crippen LogP contribution in [0.5, 0.6) is 0 Å². The summed E-state index contributed by atoms with van der Waals surface area (Å²) in [5.41, 5.74) is 0.324. The minimum absolute atomic E-state index is 0.240. The molecule has 0 amide bonds. The van der Waals surface area contributed by atoms with Crippen molar-refractivity contribution >= 4 is 0 Å². The Morgan fingerprint density at radius 2 is 2.00 bits per heavy atom. The van der Waals surface area contributed by atoms with Crippen LogP contribution in [0.15, 0.2) is 0 Å². The fraction of sp³-hybridized carbons (Fsp3) is 1.00. The van der Waals surface area contributed by atoms with E-state index in [0.717, 1.165) is 6.61 Å². The van der Waals surface area contributed by atoms with E-state index in [1.54, 1.807) is 0 Å². The van der Waals surface area contributed by atoms with Crippen LogP contribution in [0.4, 0.5) is 0 Å². The third-order valence-corrected chi connectivity index (χ3v) is 1.99. The Balaban J connectivity index is 2.45. The summed E-state index contributed by atoms with van der Waals surface area (Å²) in [4.78, 5) is 0. The van der Waals surface area contributed by atoms with Crippen molar-refractivity contribution in [3.8, 4) is 0 Å². The predicted molar refractivity (Wildman–Crippen MR) is 41.8 cm³/mol. The first-order valence-electron chi connectivity index (χ1n) is 3.88. The molecular weight excluding hydrogens is 126 g/mol. The van der Waals surface area contributed by atoms with Crippen LogP contribution in [0.1, 0.15) is 27.7 Å². The standard InChI is InChI=1S/C8H17NO/c1-6-9-7(5-10-6)8(2,3)4/h6-7,9H,5H2,1-4H3/t6-,7?/m0/s1. The second-order valence-corrected chi connectivity index (χ2v) is 4.06. The van der Waals surface area contributed by atoms with Crippen molar-refractivity contribution in [3.63, 3.8) is 0 Å². The smallest absolute Gasteiger partial charge is 0.105 e. The van der Waals surface area contributed by atoms with Gasteiger partial charge in [-0.05, 0) is 12.3 Å². The highest BCUT2D eigenvalue weighted by Gasteiger charge is 2.30. The molecule has 2 heteroatoms. The molecule has 2 nitrogen and oxygen atoms in total. The third kappa shape index (κ3) is 1.70. The van der Waals surface area contributed by atoms with E-state index in [0.29, 0.717) is 11.5 Å². The maximum Gasteiger partial charge on any atom is 0.105 e. The Bertz CT molecular complexity index is 117. The second kappa shape index (κ2) is 2.51. The molecule has 1 N–H and O–H groups in total. The minimum Gasteiger partial charge on any atom is -0.362 e. The van der Waals surface area contributed by atoms with E-state index in [-0.39, 0.29) is 6.23 Å². The van der Waals surface area contributed by atoms with Crippen molar-refractivity contribution in [2.45, 2.75) is 40.0 Å². The second-order valence-electron chi connectivity index (χ2n) is 4.06. The van der Waals surface area contributed by atoms with Crippen LogP contribution in [0.2, 0.25) is 0 Å². The molecule has 60 valence electrons. The average Bonchev–Trinajstić information content (AvgIpc) is 2.11. The summed E-state index contributed by atoms with van der Waals surface area (Å²) in [6.07, 6.45) is 0.240. The molecule has 1 aliphatic rings. The van der Waals surface area contributed by atoms with Crippen molar-refractivity contribution in [2.24, 2.45) is 5.41 Å². The van der Waals surface area contributed by atoms with Gasteiger partial charge in [-0.15, -0.1) is 0 Å². The van der Waals surface area contributed by atoms with E-state index >= 15 is 0 Å². The van der Waals surface area contributed by atoms with Crippen LogP contribution in [-0.2, 0) is 4.74 Å². The van der Waals surface area contributed by atoms with Gasteiger partial charge in [-0.3, -0.25) is 5.32 Å². The van der Waals surface area contributed by atoms with Crippen LogP contribution in [-0.4, -0.2) is 18.9 Å². The molecule has 0 bridgehead atoms. The number of hydrogen-bond donors (Lipinski definition) is 1. The van der Waals surface area contributed by atoms with Gasteiger partial charge in [-0.1, -0.05) is 20.8 Å². The van der Waals surface area contributed by atoms with Gasteiger partial charge in [0, 0.05) is 6.04 Å². The number of nitrogens with one attached hydrogen (secondary N) is 1. The summed E-state index contributed by atoms with van der Waals surface area (Å²) in [6.45, 7) is 9.58. The van der Waals surface area contributed by atoms with Crippen molar-refractivity contribution in [2.75, 3.05) is 6.61 Å². The molecule has 0 spiro atoms. The fourth-order valence-electron chi connectivity index (χ4n) is 1.12. The summed E-state index contributed by atoms with van der Waals surface area (Å²) >= 11 is 0. The van der Waals surface area contributed by atoms with E-state index in [1.807, 2.05) is 6.92 Å². The summed E-state index contributed by atoms with van der Waals surface area (Å²) in [5, 5.41) is 3.37. The van der Waals surface area contributed by atoms with Crippen LogP contribution in [0.3, 0.4) is 0 Å². The van der Waals surface area contributed by atoms with Gasteiger partial charge in [0.2, 0.25) is 0 Å². The van der Waals surface area contributed by atoms with Crippen molar-refractivity contribution in [3.05, 3.63) is 0 Å². The van der Waals surface area contributed by atoms with Crippen molar-refractivity contribution in [1.82, 2.24) is 5.32 Å². The van der Waals surface area contributed by atoms with Gasteiger partial charge in [-0.2, -0.15) is 0 Å². The third-order valence-electron chi connectivity index (χ3n) is 1.99. The zero-order valence-corrected chi connectivity index (χ0v) is 7.27. The zero-order valence-electron chi connectivity index (χ0n) is 7.27. The molecule has 1 unspecified atom stereocenters. The molecule has 1 fully saturated rings. The largest absolute Gasteiger partial charge is 0.362 e. The molecule has 2 atom stereocenters. The molecule has 1 rings (SSSR count). The lowest BCUT2D eigenvalue weighted by Gasteiger charge is -2.25. The lowest BCUT2D eigenvalue weighted by atomic mass is 9.88. The average molecular weight is 143 g/mol. The van der Waals surface area contributed by atoms with Crippen LogP contribution < -0.4 is 5.32 Å². The zero-order chi connectivity index (χ0) is 7.78. The Hall–Kier alpha value is -0.0800. The van der Waals surface area contributed by atoms with Gasteiger partial charge in [0.25, 0.3) is 0 Å². The van der Waals surface area contributed by atoms with E-state index in [4.69, 9.17) is 4.74 Å². The SMILES string of the molecule is C[C@H]1NC(C(C)(C)C)CO1. The van der Waals surface area contributed by atoms with E-state index in [2.05, 4.69) is 26.1 Å². The number of hydrogen-bond acceptors (Lipinski definition) is 2. The molecule has 0 aromatic heterocycles. The molecule has 1 saturated heterocycles. The normalized spacial score (nSPS) is 34.8. The summed E-state index contributed by atoms with van der Waals surface area (Å²) in [7, 11) is 0. The maximum atomic E-state index is 5.38. The Kier molecular flexibility index (Phi) is 2.02. The van der Waals surface area contributed by atoms with Crippen LogP contribution in [0.25, 0.3) is 0 Å². The van der Waals surface area contributed by atoms with Gasteiger partial charge in [0.05, 0.1) is 6.61 Å².